The highest BCUT2D eigenvalue weighted by Gasteiger charge is 2.07. The first-order valence-corrected chi connectivity index (χ1v) is 6.30. The summed E-state index contributed by atoms with van der Waals surface area (Å²) in [5, 5.41) is 0. The van der Waals surface area contributed by atoms with Crippen molar-refractivity contribution in [2.75, 3.05) is 20.3 Å². The summed E-state index contributed by atoms with van der Waals surface area (Å²) < 4.78 is 15.6. The van der Waals surface area contributed by atoms with Crippen LogP contribution in [0.15, 0.2) is 24.3 Å². The number of methoxy groups -OCH3 is 1. The predicted molar refractivity (Wildman–Crippen MR) is 74.4 cm³/mol. The molecule has 0 spiro atoms. The van der Waals surface area contributed by atoms with Gasteiger partial charge in [0.15, 0.2) is 11.5 Å². The molecule has 0 aliphatic rings. The van der Waals surface area contributed by atoms with Crippen LogP contribution in [0.4, 0.5) is 0 Å². The third-order valence-electron chi connectivity index (χ3n) is 2.42. The highest BCUT2D eigenvalue weighted by molar-refractivity contribution is 5.69. The van der Waals surface area contributed by atoms with Crippen LogP contribution in [0.1, 0.15) is 25.8 Å². The Hall–Kier alpha value is -1.97. The summed E-state index contributed by atoms with van der Waals surface area (Å²) in [4.78, 5) is 11.2. The molecule has 0 bridgehead atoms. The number of ether oxygens (including phenoxy) is 3. The summed E-state index contributed by atoms with van der Waals surface area (Å²) in [6, 6.07) is 5.65. The van der Waals surface area contributed by atoms with Gasteiger partial charge in [0.2, 0.25) is 0 Å². The molecule has 0 aromatic heterocycles. The average molecular weight is 264 g/mol. The Morgan fingerprint density at radius 2 is 2.11 bits per heavy atom. The van der Waals surface area contributed by atoms with Crippen LogP contribution < -0.4 is 9.47 Å². The van der Waals surface area contributed by atoms with Gasteiger partial charge in [-0.05, 0) is 31.5 Å². The maximum atomic E-state index is 11.2. The van der Waals surface area contributed by atoms with E-state index in [0.29, 0.717) is 18.1 Å². The standard InChI is InChI=1S/C15H20O4/c1-4-6-12-7-8-13(14(11-12)17-3)19-10-9-15(16)18-5-2/h4,6-8,11H,5,9-10H2,1-3H3/b6-4+. The van der Waals surface area contributed by atoms with Gasteiger partial charge in [-0.1, -0.05) is 18.2 Å². The van der Waals surface area contributed by atoms with Crippen LogP contribution in [0.3, 0.4) is 0 Å². The second kappa shape index (κ2) is 8.19. The summed E-state index contributed by atoms with van der Waals surface area (Å²) in [5.41, 5.74) is 1.04. The molecule has 0 N–H and O–H groups in total. The van der Waals surface area contributed by atoms with Crippen molar-refractivity contribution in [2.45, 2.75) is 20.3 Å². The summed E-state index contributed by atoms with van der Waals surface area (Å²) in [6.45, 7) is 4.40. The van der Waals surface area contributed by atoms with Crippen LogP contribution in [-0.2, 0) is 9.53 Å². The van der Waals surface area contributed by atoms with Crippen LogP contribution in [0.2, 0.25) is 0 Å². The minimum Gasteiger partial charge on any atom is -0.493 e. The lowest BCUT2D eigenvalue weighted by Gasteiger charge is -2.11. The van der Waals surface area contributed by atoms with Crippen molar-refractivity contribution in [3.63, 3.8) is 0 Å². The Morgan fingerprint density at radius 3 is 2.74 bits per heavy atom. The molecule has 0 aliphatic carbocycles. The van der Waals surface area contributed by atoms with Crippen LogP contribution in [-0.4, -0.2) is 26.3 Å². The van der Waals surface area contributed by atoms with Gasteiger partial charge in [0, 0.05) is 0 Å². The molecule has 0 fully saturated rings. The van der Waals surface area contributed by atoms with E-state index in [1.807, 2.05) is 37.3 Å². The lowest BCUT2D eigenvalue weighted by Crippen LogP contribution is -2.09. The Labute approximate surface area is 114 Å². The van der Waals surface area contributed by atoms with Crippen molar-refractivity contribution < 1.29 is 19.0 Å². The van der Waals surface area contributed by atoms with Gasteiger partial charge in [0.1, 0.15) is 0 Å². The number of allylic oxidation sites excluding steroid dienone is 1. The third-order valence-corrected chi connectivity index (χ3v) is 2.42. The van der Waals surface area contributed by atoms with Gasteiger partial charge in [0.25, 0.3) is 0 Å². The predicted octanol–water partition coefficient (Wildman–Crippen LogP) is 3.06. The number of benzene rings is 1. The second-order valence-electron chi connectivity index (χ2n) is 3.81. The summed E-state index contributed by atoms with van der Waals surface area (Å²) >= 11 is 0. The number of hydrogen-bond donors (Lipinski definition) is 0. The van der Waals surface area contributed by atoms with Gasteiger partial charge in [-0.2, -0.15) is 0 Å². The topological polar surface area (TPSA) is 44.8 Å². The summed E-state index contributed by atoms with van der Waals surface area (Å²) in [7, 11) is 1.59. The van der Waals surface area contributed by atoms with Crippen molar-refractivity contribution in [3.8, 4) is 11.5 Å². The van der Waals surface area contributed by atoms with Crippen LogP contribution in [0.25, 0.3) is 6.08 Å². The van der Waals surface area contributed by atoms with Gasteiger partial charge in [0.05, 0.1) is 26.7 Å². The molecule has 4 nitrogen and oxygen atoms in total. The van der Waals surface area contributed by atoms with E-state index >= 15 is 0 Å². The van der Waals surface area contributed by atoms with Gasteiger partial charge < -0.3 is 14.2 Å². The van der Waals surface area contributed by atoms with Crippen LogP contribution in [0, 0.1) is 0 Å². The number of hydrogen-bond acceptors (Lipinski definition) is 4. The molecule has 0 aliphatic heterocycles. The molecule has 104 valence electrons. The normalized spacial score (nSPS) is 10.5. The van der Waals surface area contributed by atoms with E-state index < -0.39 is 0 Å². The fourth-order valence-electron chi connectivity index (χ4n) is 1.58. The zero-order chi connectivity index (χ0) is 14.1. The minimum absolute atomic E-state index is 0.230. The maximum Gasteiger partial charge on any atom is 0.309 e. The van der Waals surface area contributed by atoms with Crippen molar-refractivity contribution in [2.24, 2.45) is 0 Å². The first kappa shape index (κ1) is 15.1. The molecule has 0 amide bonds. The third kappa shape index (κ3) is 5.04. The summed E-state index contributed by atoms with van der Waals surface area (Å²) in [6.07, 6.45) is 4.16. The lowest BCUT2D eigenvalue weighted by atomic mass is 10.2. The number of carbonyl (C=O) groups is 1. The van der Waals surface area contributed by atoms with Crippen molar-refractivity contribution in [3.05, 3.63) is 29.8 Å². The zero-order valence-corrected chi connectivity index (χ0v) is 11.6. The van der Waals surface area contributed by atoms with Gasteiger partial charge >= 0.3 is 5.97 Å². The molecule has 0 atom stereocenters. The van der Waals surface area contributed by atoms with Crippen LogP contribution >= 0.6 is 0 Å². The Morgan fingerprint density at radius 1 is 1.32 bits per heavy atom. The number of esters is 1. The smallest absolute Gasteiger partial charge is 0.309 e. The van der Waals surface area contributed by atoms with Crippen molar-refractivity contribution in [1.29, 1.82) is 0 Å². The quantitative estimate of drug-likeness (QED) is 0.710. The van der Waals surface area contributed by atoms with Crippen LogP contribution in [0.5, 0.6) is 11.5 Å². The Kier molecular flexibility index (Phi) is 6.50. The van der Waals surface area contributed by atoms with E-state index in [9.17, 15) is 4.79 Å². The SMILES string of the molecule is C/C=C/c1ccc(OCCC(=O)OCC)c(OC)c1. The van der Waals surface area contributed by atoms with E-state index in [2.05, 4.69) is 0 Å². The zero-order valence-electron chi connectivity index (χ0n) is 11.6. The minimum atomic E-state index is -0.257. The average Bonchev–Trinajstić information content (AvgIpc) is 2.40. The molecule has 0 radical (unpaired) electrons. The first-order chi connectivity index (χ1) is 9.21. The monoisotopic (exact) mass is 264 g/mol. The second-order valence-corrected chi connectivity index (χ2v) is 3.81. The Bertz CT molecular complexity index is 438. The molecule has 1 aromatic rings. The maximum absolute atomic E-state index is 11.2. The molecule has 0 saturated carbocycles. The highest BCUT2D eigenvalue weighted by atomic mass is 16.5. The van der Waals surface area contributed by atoms with Crippen molar-refractivity contribution >= 4 is 12.0 Å². The number of rotatable bonds is 7. The molecule has 4 heteroatoms. The highest BCUT2D eigenvalue weighted by Crippen LogP contribution is 2.28. The molecule has 0 saturated heterocycles. The molecule has 19 heavy (non-hydrogen) atoms. The van der Waals surface area contributed by atoms with E-state index in [-0.39, 0.29) is 19.0 Å². The van der Waals surface area contributed by atoms with Gasteiger partial charge in [-0.3, -0.25) is 4.79 Å². The first-order valence-electron chi connectivity index (χ1n) is 6.30. The fraction of sp³-hybridized carbons (Fsp3) is 0.400. The largest absolute Gasteiger partial charge is 0.493 e. The Balaban J connectivity index is 2.60. The molecular weight excluding hydrogens is 244 g/mol. The lowest BCUT2D eigenvalue weighted by molar-refractivity contribution is -0.143. The molecular formula is C15H20O4. The molecule has 0 heterocycles. The molecule has 1 rings (SSSR count). The molecule has 1 aromatic carbocycles. The molecule has 0 unspecified atom stereocenters. The van der Waals surface area contributed by atoms with E-state index in [1.165, 1.54) is 0 Å². The van der Waals surface area contributed by atoms with Crippen molar-refractivity contribution in [1.82, 2.24) is 0 Å². The van der Waals surface area contributed by atoms with E-state index in [4.69, 9.17) is 14.2 Å². The fourth-order valence-corrected chi connectivity index (χ4v) is 1.58. The van der Waals surface area contributed by atoms with E-state index in [0.717, 1.165) is 5.56 Å². The number of carbonyl (C=O) groups excluding carboxylic acids is 1. The van der Waals surface area contributed by atoms with Gasteiger partial charge in [-0.15, -0.1) is 0 Å². The summed E-state index contributed by atoms with van der Waals surface area (Å²) in [5.74, 6) is 1.02. The van der Waals surface area contributed by atoms with Gasteiger partial charge in [-0.25, -0.2) is 0 Å². The van der Waals surface area contributed by atoms with E-state index in [1.54, 1.807) is 14.0 Å².